The summed E-state index contributed by atoms with van der Waals surface area (Å²) in [4.78, 5) is 16.4. The van der Waals surface area contributed by atoms with Crippen LogP contribution in [0, 0.1) is 5.92 Å². The molecule has 0 aromatic heterocycles. The molecule has 2 rings (SSSR count). The highest BCUT2D eigenvalue weighted by Crippen LogP contribution is 2.18. The third kappa shape index (κ3) is 5.43. The largest absolute Gasteiger partial charge is 0.496 e. The second-order valence-electron chi connectivity index (χ2n) is 6.47. The lowest BCUT2D eigenvalue weighted by Crippen LogP contribution is -2.52. The molecule has 5 heteroatoms. The van der Waals surface area contributed by atoms with Crippen molar-refractivity contribution in [2.75, 3.05) is 46.4 Å². The summed E-state index contributed by atoms with van der Waals surface area (Å²) in [5, 5.41) is 2.99. The minimum absolute atomic E-state index is 0.0723. The van der Waals surface area contributed by atoms with E-state index in [9.17, 15) is 4.79 Å². The Labute approximate surface area is 139 Å². The fourth-order valence-electron chi connectivity index (χ4n) is 2.77. The maximum absolute atomic E-state index is 12.1. The van der Waals surface area contributed by atoms with Gasteiger partial charge in [0.1, 0.15) is 5.75 Å². The van der Waals surface area contributed by atoms with Crippen LogP contribution in [0.25, 0.3) is 0 Å². The maximum atomic E-state index is 12.1. The van der Waals surface area contributed by atoms with Gasteiger partial charge in [-0.1, -0.05) is 32.0 Å². The molecule has 0 radical (unpaired) electrons. The van der Waals surface area contributed by atoms with Gasteiger partial charge < -0.3 is 15.0 Å². The summed E-state index contributed by atoms with van der Waals surface area (Å²) in [6.45, 7) is 9.43. The first-order chi connectivity index (χ1) is 11.1. The van der Waals surface area contributed by atoms with E-state index in [1.165, 1.54) is 5.56 Å². The molecule has 1 aromatic rings. The van der Waals surface area contributed by atoms with E-state index in [0.717, 1.165) is 51.4 Å². The molecule has 0 spiro atoms. The number of ether oxygens (including phenoxy) is 1. The van der Waals surface area contributed by atoms with E-state index in [4.69, 9.17) is 4.74 Å². The second kappa shape index (κ2) is 8.77. The van der Waals surface area contributed by atoms with Crippen LogP contribution in [0.4, 0.5) is 4.79 Å². The summed E-state index contributed by atoms with van der Waals surface area (Å²) in [5.41, 5.74) is 1.24. The molecule has 5 nitrogen and oxygen atoms in total. The lowest BCUT2D eigenvalue weighted by Gasteiger charge is -2.34. The molecule has 2 amide bonds. The van der Waals surface area contributed by atoms with Crippen molar-refractivity contribution in [3.05, 3.63) is 29.8 Å². The molecule has 0 atom stereocenters. The summed E-state index contributed by atoms with van der Waals surface area (Å²) in [7, 11) is 1.72. The first-order valence-corrected chi connectivity index (χ1v) is 8.47. The fraction of sp³-hybridized carbons (Fsp3) is 0.611. The number of urea groups is 1. The van der Waals surface area contributed by atoms with Gasteiger partial charge in [0.25, 0.3) is 0 Å². The van der Waals surface area contributed by atoms with Gasteiger partial charge >= 0.3 is 6.03 Å². The predicted molar refractivity (Wildman–Crippen MR) is 92.9 cm³/mol. The van der Waals surface area contributed by atoms with E-state index < -0.39 is 0 Å². The van der Waals surface area contributed by atoms with Crippen LogP contribution in [0.2, 0.25) is 0 Å². The van der Waals surface area contributed by atoms with Crippen LogP contribution >= 0.6 is 0 Å². The zero-order valence-electron chi connectivity index (χ0n) is 14.5. The van der Waals surface area contributed by atoms with Crippen molar-refractivity contribution in [3.63, 3.8) is 0 Å². The lowest BCUT2D eigenvalue weighted by atomic mass is 10.1. The van der Waals surface area contributed by atoms with Gasteiger partial charge in [-0.2, -0.15) is 0 Å². The van der Waals surface area contributed by atoms with E-state index >= 15 is 0 Å². The number of hydrogen-bond donors (Lipinski definition) is 1. The number of carbonyl (C=O) groups excluding carboxylic acids is 1. The lowest BCUT2D eigenvalue weighted by molar-refractivity contribution is 0.139. The quantitative estimate of drug-likeness (QED) is 0.874. The predicted octanol–water partition coefficient (Wildman–Crippen LogP) is 2.22. The monoisotopic (exact) mass is 319 g/mol. The van der Waals surface area contributed by atoms with Gasteiger partial charge in [-0.25, -0.2) is 4.79 Å². The van der Waals surface area contributed by atoms with Crippen LogP contribution in [-0.4, -0.2) is 62.2 Å². The topological polar surface area (TPSA) is 44.8 Å². The standard InChI is InChI=1S/C18H29N3O2/c1-15(2)14-19-18(22)21-12-10-20(11-13-21)9-8-16-6-4-5-7-17(16)23-3/h4-7,15H,8-14H2,1-3H3,(H,19,22). The summed E-state index contributed by atoms with van der Waals surface area (Å²) in [6.07, 6.45) is 0.976. The molecule has 1 saturated heterocycles. The van der Waals surface area contributed by atoms with Crippen LogP contribution in [0.1, 0.15) is 19.4 Å². The molecule has 0 aliphatic carbocycles. The third-order valence-electron chi connectivity index (χ3n) is 4.21. The summed E-state index contributed by atoms with van der Waals surface area (Å²) >= 11 is 0. The highest BCUT2D eigenvalue weighted by Gasteiger charge is 2.20. The number of carbonyl (C=O) groups is 1. The van der Waals surface area contributed by atoms with E-state index in [2.05, 4.69) is 36.2 Å². The van der Waals surface area contributed by atoms with E-state index in [0.29, 0.717) is 5.92 Å². The molecule has 1 heterocycles. The fourth-order valence-corrected chi connectivity index (χ4v) is 2.77. The minimum atomic E-state index is 0.0723. The molecule has 0 unspecified atom stereocenters. The number of hydrogen-bond acceptors (Lipinski definition) is 3. The molecule has 23 heavy (non-hydrogen) atoms. The highest BCUT2D eigenvalue weighted by molar-refractivity contribution is 5.74. The van der Waals surface area contributed by atoms with Gasteiger partial charge in [-0.05, 0) is 24.0 Å². The van der Waals surface area contributed by atoms with Gasteiger partial charge in [-0.3, -0.25) is 4.90 Å². The number of rotatable bonds is 6. The highest BCUT2D eigenvalue weighted by atomic mass is 16.5. The number of nitrogens with zero attached hydrogens (tertiary/aromatic N) is 2. The van der Waals surface area contributed by atoms with Crippen molar-refractivity contribution in [2.24, 2.45) is 5.92 Å². The zero-order chi connectivity index (χ0) is 16.7. The van der Waals surface area contributed by atoms with E-state index in [1.807, 2.05) is 17.0 Å². The summed E-state index contributed by atoms with van der Waals surface area (Å²) in [5.74, 6) is 1.44. The van der Waals surface area contributed by atoms with Crippen LogP contribution < -0.4 is 10.1 Å². The van der Waals surface area contributed by atoms with Gasteiger partial charge in [0.05, 0.1) is 7.11 Å². The number of amides is 2. The SMILES string of the molecule is COc1ccccc1CCN1CCN(C(=O)NCC(C)C)CC1. The molecule has 1 N–H and O–H groups in total. The van der Waals surface area contributed by atoms with Crippen LogP contribution in [0.3, 0.4) is 0 Å². The molecule has 128 valence electrons. The molecule has 0 bridgehead atoms. The van der Waals surface area contributed by atoms with Crippen molar-refractivity contribution in [3.8, 4) is 5.75 Å². The molecular weight excluding hydrogens is 290 g/mol. The Morgan fingerprint density at radius 2 is 1.91 bits per heavy atom. The smallest absolute Gasteiger partial charge is 0.317 e. The van der Waals surface area contributed by atoms with Gasteiger partial charge in [0.2, 0.25) is 0 Å². The Balaban J connectivity index is 1.73. The Hall–Kier alpha value is -1.75. The Bertz CT molecular complexity index is 497. The number of nitrogens with one attached hydrogen (secondary N) is 1. The van der Waals surface area contributed by atoms with Gasteiger partial charge in [0.15, 0.2) is 0 Å². The third-order valence-corrected chi connectivity index (χ3v) is 4.21. The van der Waals surface area contributed by atoms with Crippen molar-refractivity contribution in [2.45, 2.75) is 20.3 Å². The number of piperazine rings is 1. The minimum Gasteiger partial charge on any atom is -0.496 e. The van der Waals surface area contributed by atoms with Crippen molar-refractivity contribution in [1.82, 2.24) is 15.1 Å². The number of benzene rings is 1. The Morgan fingerprint density at radius 1 is 1.22 bits per heavy atom. The average Bonchev–Trinajstić information content (AvgIpc) is 2.58. The second-order valence-corrected chi connectivity index (χ2v) is 6.47. The maximum Gasteiger partial charge on any atom is 0.317 e. The molecule has 0 saturated carbocycles. The van der Waals surface area contributed by atoms with E-state index in [-0.39, 0.29) is 6.03 Å². The molecular formula is C18H29N3O2. The van der Waals surface area contributed by atoms with Crippen LogP contribution in [0.5, 0.6) is 5.75 Å². The summed E-state index contributed by atoms with van der Waals surface area (Å²) in [6, 6.07) is 8.25. The molecule has 1 aliphatic rings. The first kappa shape index (κ1) is 17.6. The average molecular weight is 319 g/mol. The van der Waals surface area contributed by atoms with Crippen LogP contribution in [0.15, 0.2) is 24.3 Å². The number of para-hydroxylation sites is 1. The van der Waals surface area contributed by atoms with Crippen molar-refractivity contribution < 1.29 is 9.53 Å². The van der Waals surface area contributed by atoms with Gasteiger partial charge in [-0.15, -0.1) is 0 Å². The Kier molecular flexibility index (Phi) is 6.71. The Morgan fingerprint density at radius 3 is 2.57 bits per heavy atom. The van der Waals surface area contributed by atoms with Crippen LogP contribution in [-0.2, 0) is 6.42 Å². The van der Waals surface area contributed by atoms with Crippen molar-refractivity contribution in [1.29, 1.82) is 0 Å². The van der Waals surface area contributed by atoms with E-state index in [1.54, 1.807) is 7.11 Å². The molecule has 1 aromatic carbocycles. The van der Waals surface area contributed by atoms with Gasteiger partial charge in [0, 0.05) is 39.3 Å². The summed E-state index contributed by atoms with van der Waals surface area (Å²) < 4.78 is 5.40. The first-order valence-electron chi connectivity index (χ1n) is 8.47. The normalized spacial score (nSPS) is 15.7. The van der Waals surface area contributed by atoms with Crippen molar-refractivity contribution >= 4 is 6.03 Å². The zero-order valence-corrected chi connectivity index (χ0v) is 14.5. The number of methoxy groups -OCH3 is 1. The molecule has 1 aliphatic heterocycles. The molecule has 1 fully saturated rings.